The van der Waals surface area contributed by atoms with E-state index in [2.05, 4.69) is 4.98 Å². The second-order valence-electron chi connectivity index (χ2n) is 6.89. The molecule has 1 aliphatic rings. The van der Waals surface area contributed by atoms with Gasteiger partial charge in [-0.25, -0.2) is 4.79 Å². The van der Waals surface area contributed by atoms with E-state index in [-0.39, 0.29) is 23.7 Å². The van der Waals surface area contributed by atoms with Crippen molar-refractivity contribution in [2.75, 3.05) is 26.8 Å². The summed E-state index contributed by atoms with van der Waals surface area (Å²) in [4.78, 5) is 40.9. The molecule has 2 N–H and O–H groups in total. The van der Waals surface area contributed by atoms with Crippen molar-refractivity contribution in [3.8, 4) is 0 Å². The van der Waals surface area contributed by atoms with Crippen molar-refractivity contribution in [2.24, 2.45) is 5.92 Å². The number of carbonyl (C=O) groups is 3. The third-order valence-electron chi connectivity index (χ3n) is 5.33. The van der Waals surface area contributed by atoms with Gasteiger partial charge in [0, 0.05) is 18.5 Å². The quantitative estimate of drug-likeness (QED) is 0.576. The molecule has 0 aliphatic carbocycles. The van der Waals surface area contributed by atoms with Crippen molar-refractivity contribution in [1.82, 2.24) is 4.98 Å². The zero-order valence-corrected chi connectivity index (χ0v) is 16.2. The maximum atomic E-state index is 13.0. The van der Waals surface area contributed by atoms with E-state index in [1.165, 1.54) is 7.11 Å². The Morgan fingerprint density at radius 3 is 2.38 bits per heavy atom. The predicted molar refractivity (Wildman–Crippen MR) is 95.5 cm³/mol. The second-order valence-corrected chi connectivity index (χ2v) is 6.89. The lowest BCUT2D eigenvalue weighted by atomic mass is 9.94. The highest BCUT2D eigenvalue weighted by Crippen LogP contribution is 2.20. The van der Waals surface area contributed by atoms with E-state index in [0.29, 0.717) is 29.1 Å². The topological polar surface area (TPSA) is 89.9 Å². The van der Waals surface area contributed by atoms with E-state index in [0.717, 1.165) is 30.8 Å². The number of aromatic amines is 1. The minimum absolute atomic E-state index is 0.0228. The molecule has 7 nitrogen and oxygen atoms in total. The van der Waals surface area contributed by atoms with Gasteiger partial charge >= 0.3 is 11.9 Å². The first-order valence-electron chi connectivity index (χ1n) is 9.14. The number of nitrogens with one attached hydrogen (secondary N) is 2. The summed E-state index contributed by atoms with van der Waals surface area (Å²) in [5.74, 6) is -0.665. The second kappa shape index (κ2) is 8.49. The monoisotopic (exact) mass is 365 g/mol. The van der Waals surface area contributed by atoms with E-state index in [9.17, 15) is 14.4 Å². The molecule has 26 heavy (non-hydrogen) atoms. The van der Waals surface area contributed by atoms with Gasteiger partial charge in [0.05, 0.1) is 44.0 Å². The minimum atomic E-state index is -0.439. The smallest absolute Gasteiger partial charge is 0.339 e. The van der Waals surface area contributed by atoms with Crippen LogP contribution in [0.3, 0.4) is 0 Å². The molecule has 0 aromatic carbocycles. The average Bonchev–Trinajstić information content (AvgIpc) is 2.94. The molecule has 0 radical (unpaired) electrons. The lowest BCUT2D eigenvalue weighted by Gasteiger charge is -2.31. The number of ether oxygens (including phenoxy) is 2. The minimum Gasteiger partial charge on any atom is -0.466 e. The van der Waals surface area contributed by atoms with E-state index < -0.39 is 5.97 Å². The number of hydrogen-bond donors (Lipinski definition) is 2. The van der Waals surface area contributed by atoms with E-state index in [1.54, 1.807) is 13.8 Å². The van der Waals surface area contributed by atoms with Crippen LogP contribution in [0.2, 0.25) is 0 Å². The number of quaternary nitrogens is 1. The summed E-state index contributed by atoms with van der Waals surface area (Å²) in [5, 5.41) is 0. The zero-order valence-electron chi connectivity index (χ0n) is 16.2. The lowest BCUT2D eigenvalue weighted by molar-refractivity contribution is -0.919. The van der Waals surface area contributed by atoms with Crippen molar-refractivity contribution in [3.63, 3.8) is 0 Å². The first kappa shape index (κ1) is 20.2. The van der Waals surface area contributed by atoms with Crippen LogP contribution in [0.15, 0.2) is 0 Å². The summed E-state index contributed by atoms with van der Waals surface area (Å²) in [6.45, 7) is 9.13. The largest absolute Gasteiger partial charge is 0.466 e. The van der Waals surface area contributed by atoms with Crippen molar-refractivity contribution in [1.29, 1.82) is 0 Å². The maximum absolute atomic E-state index is 13.0. The Labute approximate surface area is 154 Å². The van der Waals surface area contributed by atoms with Crippen LogP contribution in [0.4, 0.5) is 0 Å². The van der Waals surface area contributed by atoms with E-state index >= 15 is 0 Å². The van der Waals surface area contributed by atoms with Crippen molar-refractivity contribution >= 4 is 17.7 Å². The fraction of sp³-hybridized carbons (Fsp3) is 0.632. The predicted octanol–water partition coefficient (Wildman–Crippen LogP) is 0.847. The molecule has 0 spiro atoms. The van der Waals surface area contributed by atoms with Crippen molar-refractivity contribution in [3.05, 3.63) is 22.5 Å². The molecule has 7 heteroatoms. The van der Waals surface area contributed by atoms with Gasteiger partial charge in [0.2, 0.25) is 5.78 Å². The SMILES string of the molecule is CCOC(=O)C1CC[NH+]([C@H](C)C(=O)c2[nH]c(C)c(C(=O)OC)c2C)CC1. The summed E-state index contributed by atoms with van der Waals surface area (Å²) in [6.07, 6.45) is 1.45. The fourth-order valence-corrected chi connectivity index (χ4v) is 3.72. The van der Waals surface area contributed by atoms with Crippen LogP contribution < -0.4 is 4.90 Å². The van der Waals surface area contributed by atoms with Gasteiger partial charge in [-0.15, -0.1) is 0 Å². The van der Waals surface area contributed by atoms with Crippen LogP contribution in [0.1, 0.15) is 58.8 Å². The molecular formula is C19H29N2O5+. The molecule has 1 atom stereocenters. The van der Waals surface area contributed by atoms with Gasteiger partial charge < -0.3 is 19.4 Å². The molecule has 1 fully saturated rings. The molecule has 0 amide bonds. The molecule has 0 unspecified atom stereocenters. The van der Waals surface area contributed by atoms with Gasteiger partial charge in [-0.05, 0) is 33.3 Å². The number of esters is 2. The molecule has 1 aliphatic heterocycles. The number of carbonyl (C=O) groups excluding carboxylic acids is 3. The molecule has 1 aromatic rings. The molecule has 2 heterocycles. The normalized spacial score (nSPS) is 21.1. The Morgan fingerprint density at radius 2 is 1.85 bits per heavy atom. The van der Waals surface area contributed by atoms with Crippen LogP contribution >= 0.6 is 0 Å². The van der Waals surface area contributed by atoms with E-state index in [4.69, 9.17) is 9.47 Å². The zero-order chi connectivity index (χ0) is 19.4. The molecular weight excluding hydrogens is 336 g/mol. The average molecular weight is 365 g/mol. The highest BCUT2D eigenvalue weighted by atomic mass is 16.5. The molecule has 1 aromatic heterocycles. The summed E-state index contributed by atoms with van der Waals surface area (Å²) >= 11 is 0. The Bertz CT molecular complexity index is 686. The van der Waals surface area contributed by atoms with Crippen LogP contribution in [-0.4, -0.2) is 55.6 Å². The number of likely N-dealkylation sites (tertiary alicyclic amines) is 1. The Hall–Kier alpha value is -2.15. The van der Waals surface area contributed by atoms with Gasteiger partial charge in [0.15, 0.2) is 0 Å². The number of piperidine rings is 1. The van der Waals surface area contributed by atoms with Crippen LogP contribution in [0.25, 0.3) is 0 Å². The molecule has 1 saturated heterocycles. The van der Waals surface area contributed by atoms with Gasteiger partial charge in [-0.1, -0.05) is 0 Å². The first-order valence-corrected chi connectivity index (χ1v) is 9.14. The Morgan fingerprint density at radius 1 is 1.23 bits per heavy atom. The summed E-state index contributed by atoms with van der Waals surface area (Å²) < 4.78 is 9.90. The molecule has 0 saturated carbocycles. The number of rotatable bonds is 6. The van der Waals surface area contributed by atoms with Gasteiger partial charge in [0.25, 0.3) is 0 Å². The van der Waals surface area contributed by atoms with E-state index in [1.807, 2.05) is 13.8 Å². The summed E-state index contributed by atoms with van der Waals surface area (Å²) in [5.41, 5.74) is 2.17. The lowest BCUT2D eigenvalue weighted by Crippen LogP contribution is -3.17. The fourth-order valence-electron chi connectivity index (χ4n) is 3.72. The first-order chi connectivity index (χ1) is 12.3. The third-order valence-corrected chi connectivity index (χ3v) is 5.33. The number of aryl methyl sites for hydroxylation is 1. The van der Waals surface area contributed by atoms with Crippen LogP contribution in [0.5, 0.6) is 0 Å². The number of Topliss-reactive ketones (excluding diaryl/α,β-unsaturated/α-hetero) is 1. The highest BCUT2D eigenvalue weighted by molar-refractivity contribution is 6.03. The number of aromatic nitrogens is 1. The Kier molecular flexibility index (Phi) is 6.58. The maximum Gasteiger partial charge on any atom is 0.339 e. The number of methoxy groups -OCH3 is 1. The third kappa shape index (κ3) is 3.98. The standard InChI is InChI=1S/C19H28N2O5/c1-6-26-18(23)14-7-9-21(10-8-14)13(4)17(22)16-11(2)15(12(3)20-16)19(24)25-5/h13-14,20H,6-10H2,1-5H3/p+1/t13-/m1/s1. The molecule has 0 bridgehead atoms. The van der Waals surface area contributed by atoms with Gasteiger partial charge in [0.1, 0.15) is 6.04 Å². The number of ketones is 1. The summed E-state index contributed by atoms with van der Waals surface area (Å²) in [7, 11) is 1.33. The van der Waals surface area contributed by atoms with Crippen LogP contribution in [0, 0.1) is 19.8 Å². The van der Waals surface area contributed by atoms with Crippen LogP contribution in [-0.2, 0) is 14.3 Å². The van der Waals surface area contributed by atoms with Gasteiger partial charge in [-0.2, -0.15) is 0 Å². The van der Waals surface area contributed by atoms with Gasteiger partial charge in [-0.3, -0.25) is 9.59 Å². The Balaban J connectivity index is 2.07. The number of hydrogen-bond acceptors (Lipinski definition) is 5. The molecule has 144 valence electrons. The van der Waals surface area contributed by atoms with Crippen molar-refractivity contribution < 1.29 is 28.8 Å². The summed E-state index contributed by atoms with van der Waals surface area (Å²) in [6, 6.07) is -0.250. The van der Waals surface area contributed by atoms with Crippen molar-refractivity contribution in [2.45, 2.75) is 46.6 Å². The number of H-pyrrole nitrogens is 1. The molecule has 2 rings (SSSR count). The highest BCUT2D eigenvalue weighted by Gasteiger charge is 2.35.